The van der Waals surface area contributed by atoms with Crippen LogP contribution in [0.5, 0.6) is 0 Å². The van der Waals surface area contributed by atoms with E-state index < -0.39 is 10.0 Å². The molecule has 0 N–H and O–H groups in total. The number of hydrogen-bond acceptors (Lipinski definition) is 6. The molecule has 2 unspecified atom stereocenters. The fourth-order valence-electron chi connectivity index (χ4n) is 4.78. The van der Waals surface area contributed by atoms with Gasteiger partial charge in [-0.05, 0) is 56.9 Å². The van der Waals surface area contributed by atoms with Gasteiger partial charge in [0.25, 0.3) is 0 Å². The molecule has 0 radical (unpaired) electrons. The Balaban J connectivity index is 1.39. The van der Waals surface area contributed by atoms with Crippen molar-refractivity contribution in [2.75, 3.05) is 37.7 Å². The van der Waals surface area contributed by atoms with Crippen LogP contribution in [-0.4, -0.2) is 79.2 Å². The second kappa shape index (κ2) is 10.2. The summed E-state index contributed by atoms with van der Waals surface area (Å²) in [6, 6.07) is 6.34. The van der Waals surface area contributed by atoms with E-state index in [0.717, 1.165) is 37.4 Å². The number of ether oxygens (including phenoxy) is 1. The van der Waals surface area contributed by atoms with Gasteiger partial charge in [-0.15, -0.1) is 0 Å². The minimum absolute atomic E-state index is 0.0958. The number of thioether (sulfide) groups is 1. The Labute approximate surface area is 194 Å². The van der Waals surface area contributed by atoms with Gasteiger partial charge in [0.1, 0.15) is 0 Å². The van der Waals surface area contributed by atoms with E-state index in [-0.39, 0.29) is 34.6 Å². The first-order chi connectivity index (χ1) is 15.4. The third kappa shape index (κ3) is 5.21. The van der Waals surface area contributed by atoms with Crippen LogP contribution in [0.2, 0.25) is 0 Å². The normalized spacial score (nSPS) is 25.2. The fraction of sp³-hybridized carbons (Fsp3) is 0.652. The zero-order valence-electron chi connectivity index (χ0n) is 18.6. The highest BCUT2D eigenvalue weighted by molar-refractivity contribution is 7.99. The first kappa shape index (κ1) is 23.7. The van der Waals surface area contributed by atoms with E-state index >= 15 is 0 Å². The summed E-state index contributed by atoms with van der Waals surface area (Å²) in [5.41, 5.74) is 0.490. The van der Waals surface area contributed by atoms with Crippen LogP contribution in [0.25, 0.3) is 0 Å². The smallest absolute Gasteiger partial charge is 0.243 e. The van der Waals surface area contributed by atoms with Crippen LogP contribution in [0.15, 0.2) is 29.2 Å². The third-order valence-electron chi connectivity index (χ3n) is 6.76. The second-order valence-electron chi connectivity index (χ2n) is 8.90. The van der Waals surface area contributed by atoms with E-state index in [1.165, 1.54) is 23.4 Å². The van der Waals surface area contributed by atoms with Gasteiger partial charge in [0.05, 0.1) is 11.0 Å². The maximum atomic E-state index is 13.5. The predicted molar refractivity (Wildman–Crippen MR) is 124 cm³/mol. The zero-order chi connectivity index (χ0) is 22.7. The van der Waals surface area contributed by atoms with Crippen molar-refractivity contribution in [3.63, 3.8) is 0 Å². The van der Waals surface area contributed by atoms with E-state index in [1.54, 1.807) is 12.1 Å². The minimum atomic E-state index is -3.63. The van der Waals surface area contributed by atoms with Gasteiger partial charge >= 0.3 is 0 Å². The van der Waals surface area contributed by atoms with Gasteiger partial charge in [0, 0.05) is 49.5 Å². The molecular formula is C23H32N2O5S2. The predicted octanol–water partition coefficient (Wildman–Crippen LogP) is 2.80. The number of amides is 1. The van der Waals surface area contributed by atoms with Crippen molar-refractivity contribution in [2.45, 2.75) is 56.1 Å². The second-order valence-corrected chi connectivity index (χ2v) is 12.0. The lowest BCUT2D eigenvalue weighted by atomic mass is 9.95. The highest BCUT2D eigenvalue weighted by atomic mass is 32.2. The summed E-state index contributed by atoms with van der Waals surface area (Å²) in [7, 11) is -3.63. The SMILES string of the molecule is CC(=O)c1ccc(S(=O)(=O)N2CCC(C(=O)N(CC3CCCO3)C3CCSC3)CC2)cc1. The Hall–Kier alpha value is -1.42. The Morgan fingerprint density at radius 3 is 2.41 bits per heavy atom. The quantitative estimate of drug-likeness (QED) is 0.558. The molecule has 3 heterocycles. The van der Waals surface area contributed by atoms with Gasteiger partial charge in [-0.2, -0.15) is 16.1 Å². The first-order valence-electron chi connectivity index (χ1n) is 11.5. The van der Waals surface area contributed by atoms with Crippen molar-refractivity contribution in [1.82, 2.24) is 9.21 Å². The molecule has 0 aliphatic carbocycles. The number of ketones is 1. The molecule has 0 aromatic heterocycles. The van der Waals surface area contributed by atoms with Crippen LogP contribution in [-0.2, 0) is 19.6 Å². The van der Waals surface area contributed by atoms with Crippen molar-refractivity contribution in [3.8, 4) is 0 Å². The average molecular weight is 481 g/mol. The summed E-state index contributed by atoms with van der Waals surface area (Å²) in [5.74, 6) is 1.98. The molecular weight excluding hydrogens is 448 g/mol. The standard InChI is InChI=1S/C23H32N2O5S2/c1-17(26)18-4-6-22(7-5-18)32(28,29)24-11-8-19(9-12-24)23(27)25(20-10-14-31-16-20)15-21-3-2-13-30-21/h4-7,19-21H,2-3,8-16H2,1H3. The maximum absolute atomic E-state index is 13.5. The van der Waals surface area contributed by atoms with Gasteiger partial charge in [-0.1, -0.05) is 12.1 Å². The molecule has 1 aromatic carbocycles. The van der Waals surface area contributed by atoms with Crippen LogP contribution in [0.3, 0.4) is 0 Å². The van der Waals surface area contributed by atoms with Crippen molar-refractivity contribution in [3.05, 3.63) is 29.8 Å². The van der Waals surface area contributed by atoms with Crippen LogP contribution in [0, 0.1) is 5.92 Å². The average Bonchev–Trinajstić information content (AvgIpc) is 3.51. The number of hydrogen-bond donors (Lipinski definition) is 0. The molecule has 3 aliphatic rings. The number of carbonyl (C=O) groups excluding carboxylic acids is 2. The van der Waals surface area contributed by atoms with Crippen LogP contribution in [0.4, 0.5) is 0 Å². The van der Waals surface area contributed by atoms with Gasteiger partial charge in [-0.3, -0.25) is 9.59 Å². The largest absolute Gasteiger partial charge is 0.376 e. The number of sulfonamides is 1. The van der Waals surface area contributed by atoms with Crippen molar-refractivity contribution >= 4 is 33.5 Å². The van der Waals surface area contributed by atoms with Gasteiger partial charge < -0.3 is 9.64 Å². The Morgan fingerprint density at radius 2 is 1.84 bits per heavy atom. The summed E-state index contributed by atoms with van der Waals surface area (Å²) >= 11 is 1.89. The summed E-state index contributed by atoms with van der Waals surface area (Å²) in [5, 5.41) is 0. The lowest BCUT2D eigenvalue weighted by Crippen LogP contribution is -2.50. The van der Waals surface area contributed by atoms with Gasteiger partial charge in [-0.25, -0.2) is 8.42 Å². The van der Waals surface area contributed by atoms with E-state index in [1.807, 2.05) is 16.7 Å². The number of rotatable bonds is 7. The monoisotopic (exact) mass is 480 g/mol. The van der Waals surface area contributed by atoms with E-state index in [2.05, 4.69) is 0 Å². The third-order valence-corrected chi connectivity index (χ3v) is 9.81. The number of nitrogens with zero attached hydrogens (tertiary/aromatic N) is 2. The summed E-state index contributed by atoms with van der Waals surface area (Å²) < 4.78 is 33.4. The molecule has 3 fully saturated rings. The molecule has 0 saturated carbocycles. The van der Waals surface area contributed by atoms with Gasteiger partial charge in [0.2, 0.25) is 15.9 Å². The van der Waals surface area contributed by atoms with E-state index in [0.29, 0.717) is 38.0 Å². The molecule has 0 spiro atoms. The Bertz CT molecular complexity index is 914. The van der Waals surface area contributed by atoms with Crippen LogP contribution in [0.1, 0.15) is 49.4 Å². The summed E-state index contributed by atoms with van der Waals surface area (Å²) in [4.78, 5) is 27.2. The molecule has 32 heavy (non-hydrogen) atoms. The molecule has 1 amide bonds. The lowest BCUT2D eigenvalue weighted by molar-refractivity contribution is -0.140. The molecule has 7 nitrogen and oxygen atoms in total. The molecule has 176 valence electrons. The van der Waals surface area contributed by atoms with Crippen LogP contribution < -0.4 is 0 Å². The van der Waals surface area contributed by atoms with Crippen molar-refractivity contribution < 1.29 is 22.7 Å². The minimum Gasteiger partial charge on any atom is -0.376 e. The maximum Gasteiger partial charge on any atom is 0.243 e. The van der Waals surface area contributed by atoms with Crippen LogP contribution >= 0.6 is 11.8 Å². The topological polar surface area (TPSA) is 84.0 Å². The number of carbonyl (C=O) groups is 2. The van der Waals surface area contributed by atoms with E-state index in [4.69, 9.17) is 4.74 Å². The van der Waals surface area contributed by atoms with Crippen molar-refractivity contribution in [2.24, 2.45) is 5.92 Å². The number of benzene rings is 1. The number of piperidine rings is 1. The summed E-state index contributed by atoms with van der Waals surface area (Å²) in [6.07, 6.45) is 4.27. The van der Waals surface area contributed by atoms with E-state index in [9.17, 15) is 18.0 Å². The number of Topliss-reactive ketones (excluding diaryl/α,β-unsaturated/α-hetero) is 1. The molecule has 4 rings (SSSR count). The highest BCUT2D eigenvalue weighted by Crippen LogP contribution is 2.30. The Morgan fingerprint density at radius 1 is 1.12 bits per heavy atom. The Kier molecular flexibility index (Phi) is 7.59. The zero-order valence-corrected chi connectivity index (χ0v) is 20.2. The first-order valence-corrected chi connectivity index (χ1v) is 14.1. The molecule has 9 heteroatoms. The molecule has 3 saturated heterocycles. The van der Waals surface area contributed by atoms with Gasteiger partial charge in [0.15, 0.2) is 5.78 Å². The summed E-state index contributed by atoms with van der Waals surface area (Å²) in [6.45, 7) is 3.55. The van der Waals surface area contributed by atoms with Crippen molar-refractivity contribution in [1.29, 1.82) is 0 Å². The molecule has 3 aliphatic heterocycles. The molecule has 0 bridgehead atoms. The molecule has 2 atom stereocenters. The lowest BCUT2D eigenvalue weighted by Gasteiger charge is -2.37. The molecule has 1 aromatic rings. The highest BCUT2D eigenvalue weighted by Gasteiger charge is 2.37. The fourth-order valence-corrected chi connectivity index (χ4v) is 7.48.